The van der Waals surface area contributed by atoms with Crippen LogP contribution in [0.4, 0.5) is 0 Å². The molecule has 2 N–H and O–H groups in total. The highest BCUT2D eigenvalue weighted by molar-refractivity contribution is 5.57. The van der Waals surface area contributed by atoms with Gasteiger partial charge in [-0.15, -0.1) is 0 Å². The molecule has 0 saturated heterocycles. The zero-order valence-corrected chi connectivity index (χ0v) is 19.2. The van der Waals surface area contributed by atoms with E-state index in [2.05, 4.69) is 0 Å². The van der Waals surface area contributed by atoms with Crippen LogP contribution in [0.2, 0.25) is 0 Å². The Hall–Kier alpha value is -2.76. The lowest BCUT2D eigenvalue weighted by atomic mass is 9.41. The van der Waals surface area contributed by atoms with E-state index < -0.39 is 0 Å². The number of phenolic OH excluding ortho intramolecular Hbond substituents is 2. The van der Waals surface area contributed by atoms with Crippen molar-refractivity contribution in [2.24, 2.45) is 11.8 Å². The Morgan fingerprint density at radius 3 is 1.22 bits per heavy atom. The number of hydrogen-bond acceptors (Lipinski definition) is 6. The highest BCUT2D eigenvalue weighted by Crippen LogP contribution is 2.67. The second-order valence-corrected chi connectivity index (χ2v) is 9.98. The first-order valence-corrected chi connectivity index (χ1v) is 11.3. The topological polar surface area (TPSA) is 77.4 Å². The van der Waals surface area contributed by atoms with Crippen molar-refractivity contribution in [3.63, 3.8) is 0 Å². The number of aromatic hydroxyl groups is 2. The lowest BCUT2D eigenvalue weighted by molar-refractivity contribution is -0.0284. The van der Waals surface area contributed by atoms with Crippen LogP contribution in [0.5, 0.6) is 34.5 Å². The molecule has 2 aromatic rings. The number of benzene rings is 2. The fraction of sp³-hybridized carbons (Fsp3) is 0.538. The number of phenols is 2. The average molecular weight is 441 g/mol. The molecule has 4 aliphatic rings. The Bertz CT molecular complexity index is 901. The summed E-state index contributed by atoms with van der Waals surface area (Å²) in [6, 6.07) is 7.99. The Kier molecular flexibility index (Phi) is 4.88. The molecule has 6 nitrogen and oxygen atoms in total. The first-order chi connectivity index (χ1) is 15.4. The molecule has 4 aliphatic carbocycles. The van der Waals surface area contributed by atoms with Gasteiger partial charge in [-0.25, -0.2) is 0 Å². The zero-order chi connectivity index (χ0) is 22.7. The Morgan fingerprint density at radius 1 is 0.625 bits per heavy atom. The standard InChI is InChI=1S/C26H32O6/c1-29-19-6-17(7-20(30-2)23(19)27)25-10-15-5-16(11-25)13-26(12-15,14-25)18-8-21(31-3)24(28)22(9-18)32-4/h6-9,15-16,27-28H,5,10-14H2,1-4H3. The Labute approximate surface area is 189 Å². The number of methoxy groups -OCH3 is 4. The van der Waals surface area contributed by atoms with Crippen molar-refractivity contribution in [3.05, 3.63) is 35.4 Å². The van der Waals surface area contributed by atoms with Crippen LogP contribution in [0, 0.1) is 11.8 Å². The highest BCUT2D eigenvalue weighted by atomic mass is 16.5. The maximum Gasteiger partial charge on any atom is 0.200 e. The third kappa shape index (κ3) is 2.99. The van der Waals surface area contributed by atoms with Crippen molar-refractivity contribution in [1.82, 2.24) is 0 Å². The summed E-state index contributed by atoms with van der Waals surface area (Å²) in [5, 5.41) is 20.9. The second-order valence-electron chi connectivity index (χ2n) is 9.98. The second kappa shape index (κ2) is 7.39. The fourth-order valence-corrected chi connectivity index (χ4v) is 7.34. The monoisotopic (exact) mass is 440 g/mol. The molecule has 0 aromatic heterocycles. The molecule has 32 heavy (non-hydrogen) atoms. The normalized spacial score (nSPS) is 30.2. The van der Waals surface area contributed by atoms with Gasteiger partial charge in [0.1, 0.15) is 0 Å². The molecule has 6 heteroatoms. The van der Waals surface area contributed by atoms with Crippen LogP contribution < -0.4 is 18.9 Å². The van der Waals surface area contributed by atoms with Crippen molar-refractivity contribution >= 4 is 0 Å². The van der Waals surface area contributed by atoms with Gasteiger partial charge < -0.3 is 29.2 Å². The lowest BCUT2D eigenvalue weighted by Crippen LogP contribution is -2.55. The van der Waals surface area contributed by atoms with Crippen LogP contribution in [0.1, 0.15) is 49.7 Å². The van der Waals surface area contributed by atoms with Gasteiger partial charge >= 0.3 is 0 Å². The van der Waals surface area contributed by atoms with Crippen LogP contribution in [0.15, 0.2) is 24.3 Å². The minimum atomic E-state index is -0.00327. The quantitative estimate of drug-likeness (QED) is 0.664. The van der Waals surface area contributed by atoms with Crippen LogP contribution in [0.25, 0.3) is 0 Å². The van der Waals surface area contributed by atoms with Gasteiger partial charge in [-0.05, 0) is 96.6 Å². The van der Waals surface area contributed by atoms with E-state index in [0.717, 1.165) is 32.1 Å². The molecule has 172 valence electrons. The van der Waals surface area contributed by atoms with E-state index >= 15 is 0 Å². The van der Waals surface area contributed by atoms with E-state index in [9.17, 15) is 10.2 Å². The van der Waals surface area contributed by atoms with Gasteiger partial charge in [-0.2, -0.15) is 0 Å². The summed E-state index contributed by atoms with van der Waals surface area (Å²) in [7, 11) is 6.31. The summed E-state index contributed by atoms with van der Waals surface area (Å²) in [6.07, 6.45) is 6.80. The molecular weight excluding hydrogens is 408 g/mol. The SMILES string of the molecule is COc1cc(C23CC4CC(C2)CC(c2cc(OC)c(O)c(OC)c2)(C4)C3)cc(OC)c1O. The lowest BCUT2D eigenvalue weighted by Gasteiger charge is -2.62. The van der Waals surface area contributed by atoms with Gasteiger partial charge in [0.25, 0.3) is 0 Å². The molecule has 4 fully saturated rings. The van der Waals surface area contributed by atoms with Crippen molar-refractivity contribution in [2.75, 3.05) is 28.4 Å². The van der Waals surface area contributed by atoms with Crippen LogP contribution in [-0.4, -0.2) is 38.7 Å². The summed E-state index contributed by atoms with van der Waals surface area (Å²) < 4.78 is 21.9. The minimum absolute atomic E-state index is 0.00327. The van der Waals surface area contributed by atoms with Gasteiger partial charge in [0.15, 0.2) is 23.0 Å². The summed E-state index contributed by atoms with van der Waals surface area (Å²) >= 11 is 0. The molecule has 0 heterocycles. The van der Waals surface area contributed by atoms with Gasteiger partial charge in [0.2, 0.25) is 11.5 Å². The molecule has 0 aliphatic heterocycles. The van der Waals surface area contributed by atoms with E-state index in [-0.39, 0.29) is 22.3 Å². The predicted octanol–water partition coefficient (Wildman–Crippen LogP) is 4.92. The van der Waals surface area contributed by atoms with Crippen molar-refractivity contribution < 1.29 is 29.2 Å². The van der Waals surface area contributed by atoms with Gasteiger partial charge in [0.05, 0.1) is 28.4 Å². The van der Waals surface area contributed by atoms with E-state index in [1.165, 1.54) is 17.5 Å². The van der Waals surface area contributed by atoms with Crippen LogP contribution >= 0.6 is 0 Å². The molecule has 4 bridgehead atoms. The molecule has 0 spiro atoms. The first-order valence-electron chi connectivity index (χ1n) is 11.3. The van der Waals surface area contributed by atoms with E-state index in [1.807, 2.05) is 24.3 Å². The highest BCUT2D eigenvalue weighted by Gasteiger charge is 2.59. The first kappa shape index (κ1) is 21.1. The fourth-order valence-electron chi connectivity index (χ4n) is 7.34. The summed E-state index contributed by atoms with van der Waals surface area (Å²) in [4.78, 5) is 0. The van der Waals surface area contributed by atoms with E-state index in [4.69, 9.17) is 18.9 Å². The smallest absolute Gasteiger partial charge is 0.200 e. The number of hydrogen-bond donors (Lipinski definition) is 2. The van der Waals surface area contributed by atoms with Crippen molar-refractivity contribution in [2.45, 2.75) is 49.4 Å². The van der Waals surface area contributed by atoms with Gasteiger partial charge in [-0.1, -0.05) is 0 Å². The summed E-state index contributed by atoms with van der Waals surface area (Å²) in [6.45, 7) is 0. The Balaban J connectivity index is 1.64. The van der Waals surface area contributed by atoms with E-state index in [0.29, 0.717) is 34.8 Å². The predicted molar refractivity (Wildman–Crippen MR) is 120 cm³/mol. The summed E-state index contributed by atoms with van der Waals surface area (Å²) in [5.41, 5.74) is 2.35. The zero-order valence-electron chi connectivity index (χ0n) is 19.2. The van der Waals surface area contributed by atoms with Crippen LogP contribution in [-0.2, 0) is 10.8 Å². The molecule has 0 atom stereocenters. The average Bonchev–Trinajstić information content (AvgIpc) is 2.78. The van der Waals surface area contributed by atoms with Gasteiger partial charge in [-0.3, -0.25) is 0 Å². The van der Waals surface area contributed by atoms with Gasteiger partial charge in [0, 0.05) is 0 Å². The number of ether oxygens (including phenoxy) is 4. The molecule has 2 aromatic carbocycles. The van der Waals surface area contributed by atoms with Crippen molar-refractivity contribution in [3.8, 4) is 34.5 Å². The number of rotatable bonds is 6. The third-order valence-corrected chi connectivity index (χ3v) is 8.25. The molecular formula is C26H32O6. The van der Waals surface area contributed by atoms with Crippen LogP contribution in [0.3, 0.4) is 0 Å². The third-order valence-electron chi connectivity index (χ3n) is 8.25. The van der Waals surface area contributed by atoms with Crippen molar-refractivity contribution in [1.29, 1.82) is 0 Å². The molecule has 6 rings (SSSR count). The maximum absolute atomic E-state index is 10.5. The summed E-state index contributed by atoms with van der Waals surface area (Å²) in [5.74, 6) is 3.18. The molecule has 4 saturated carbocycles. The molecule has 0 unspecified atom stereocenters. The molecule has 0 amide bonds. The largest absolute Gasteiger partial charge is 0.502 e. The maximum atomic E-state index is 10.5. The molecule has 0 radical (unpaired) electrons. The Morgan fingerprint density at radius 2 is 0.938 bits per heavy atom. The van der Waals surface area contributed by atoms with E-state index in [1.54, 1.807) is 28.4 Å². The minimum Gasteiger partial charge on any atom is -0.502 e.